The van der Waals surface area contributed by atoms with Gasteiger partial charge in [0.25, 0.3) is 5.56 Å². The number of aryl methyl sites for hydroxylation is 1. The first kappa shape index (κ1) is 19.1. The second kappa shape index (κ2) is 7.94. The number of pyridine rings is 1. The molecule has 0 fully saturated rings. The van der Waals surface area contributed by atoms with Crippen molar-refractivity contribution in [1.82, 2.24) is 4.57 Å². The minimum absolute atomic E-state index is 0.178. The fourth-order valence-corrected chi connectivity index (χ4v) is 3.19. The topological polar surface area (TPSA) is 52.5 Å². The average molecular weight is 405 g/mol. The van der Waals surface area contributed by atoms with Gasteiger partial charge >= 0.3 is 0 Å². The van der Waals surface area contributed by atoms with Gasteiger partial charge in [-0.25, -0.2) is 0 Å². The van der Waals surface area contributed by atoms with Gasteiger partial charge in [0.2, 0.25) is 0 Å². The van der Waals surface area contributed by atoms with Crippen LogP contribution in [0.25, 0.3) is 5.69 Å². The van der Waals surface area contributed by atoms with Crippen molar-refractivity contribution in [3.8, 4) is 17.2 Å². The molecule has 140 valence electrons. The summed E-state index contributed by atoms with van der Waals surface area (Å²) in [6.07, 6.45) is 0. The lowest BCUT2D eigenvalue weighted by atomic mass is 10.2. The first-order valence-electron chi connectivity index (χ1n) is 8.11. The number of halogens is 2. The third-order valence-electron chi connectivity index (χ3n) is 4.05. The second-order valence-corrected chi connectivity index (χ2v) is 6.67. The van der Waals surface area contributed by atoms with Crippen molar-refractivity contribution >= 4 is 34.6 Å². The molecule has 0 unspecified atom stereocenters. The highest BCUT2D eigenvalue weighted by Crippen LogP contribution is 2.30. The van der Waals surface area contributed by atoms with Crippen molar-refractivity contribution < 1.29 is 9.47 Å². The summed E-state index contributed by atoms with van der Waals surface area (Å²) >= 11 is 12.1. The van der Waals surface area contributed by atoms with Gasteiger partial charge in [-0.05, 0) is 37.3 Å². The van der Waals surface area contributed by atoms with Crippen molar-refractivity contribution in [3.63, 3.8) is 0 Å². The lowest BCUT2D eigenvalue weighted by Crippen LogP contribution is -2.20. The van der Waals surface area contributed by atoms with Crippen LogP contribution < -0.4 is 20.3 Å². The van der Waals surface area contributed by atoms with E-state index < -0.39 is 0 Å². The van der Waals surface area contributed by atoms with Gasteiger partial charge in [-0.1, -0.05) is 23.2 Å². The molecule has 0 aliphatic heterocycles. The zero-order valence-electron chi connectivity index (χ0n) is 15.0. The van der Waals surface area contributed by atoms with Crippen molar-refractivity contribution in [2.75, 3.05) is 19.5 Å². The van der Waals surface area contributed by atoms with Crippen LogP contribution in [0.5, 0.6) is 11.5 Å². The molecule has 0 aliphatic rings. The smallest absolute Gasteiger partial charge is 0.257 e. The molecule has 27 heavy (non-hydrogen) atoms. The number of hydrogen-bond donors (Lipinski definition) is 1. The minimum atomic E-state index is -0.178. The van der Waals surface area contributed by atoms with E-state index in [9.17, 15) is 4.79 Å². The highest BCUT2D eigenvalue weighted by Gasteiger charge is 2.10. The first-order valence-corrected chi connectivity index (χ1v) is 8.86. The fraction of sp³-hybridized carbons (Fsp3) is 0.150. The van der Waals surface area contributed by atoms with Crippen molar-refractivity contribution in [2.45, 2.75) is 6.92 Å². The average Bonchev–Trinajstić information content (AvgIpc) is 2.64. The summed E-state index contributed by atoms with van der Waals surface area (Å²) in [5, 5.41) is 4.21. The fourth-order valence-electron chi connectivity index (χ4n) is 2.80. The van der Waals surface area contributed by atoms with E-state index in [0.717, 1.165) is 11.4 Å². The van der Waals surface area contributed by atoms with Gasteiger partial charge in [-0.3, -0.25) is 9.36 Å². The van der Waals surface area contributed by atoms with E-state index in [1.54, 1.807) is 42.0 Å². The summed E-state index contributed by atoms with van der Waals surface area (Å²) in [6.45, 7) is 1.86. The molecule has 1 N–H and O–H groups in total. The molecule has 2 aromatic carbocycles. The third-order valence-corrected chi connectivity index (χ3v) is 4.67. The number of methoxy groups -OCH3 is 2. The number of benzene rings is 2. The Kier molecular flexibility index (Phi) is 5.63. The molecular weight excluding hydrogens is 387 g/mol. The monoisotopic (exact) mass is 404 g/mol. The predicted molar refractivity (Wildman–Crippen MR) is 110 cm³/mol. The van der Waals surface area contributed by atoms with Crippen LogP contribution in [-0.4, -0.2) is 18.8 Å². The molecule has 1 heterocycles. The molecule has 5 nitrogen and oxygen atoms in total. The molecule has 0 bridgehead atoms. The van der Waals surface area contributed by atoms with Gasteiger partial charge < -0.3 is 14.8 Å². The molecule has 0 aliphatic carbocycles. The number of aromatic nitrogens is 1. The number of anilines is 2. The largest absolute Gasteiger partial charge is 0.495 e. The standard InChI is InChI=1S/C20H18Cl2N2O3/c1-12-8-14(23-13-4-6-16(21)18(9-13)26-2)10-20(25)24(12)15-5-7-17(22)19(11-15)27-3/h4-11,23H,1-3H3. The summed E-state index contributed by atoms with van der Waals surface area (Å²) in [6, 6.07) is 13.9. The van der Waals surface area contributed by atoms with Crippen LogP contribution in [0.4, 0.5) is 11.4 Å². The van der Waals surface area contributed by atoms with Gasteiger partial charge in [0.15, 0.2) is 0 Å². The molecule has 0 spiro atoms. The van der Waals surface area contributed by atoms with Crippen LogP contribution >= 0.6 is 23.2 Å². The quantitative estimate of drug-likeness (QED) is 0.633. The van der Waals surface area contributed by atoms with E-state index in [4.69, 9.17) is 32.7 Å². The van der Waals surface area contributed by atoms with E-state index in [-0.39, 0.29) is 5.56 Å². The summed E-state index contributed by atoms with van der Waals surface area (Å²) in [4.78, 5) is 12.7. The van der Waals surface area contributed by atoms with Gasteiger partial charge in [0.1, 0.15) is 11.5 Å². The van der Waals surface area contributed by atoms with Gasteiger partial charge in [0.05, 0.1) is 30.0 Å². The molecule has 3 aromatic rings. The summed E-state index contributed by atoms with van der Waals surface area (Å²) < 4.78 is 12.0. The van der Waals surface area contributed by atoms with Gasteiger partial charge in [-0.15, -0.1) is 0 Å². The number of ether oxygens (including phenoxy) is 2. The Bertz CT molecular complexity index is 1050. The van der Waals surface area contributed by atoms with Crippen LogP contribution in [0.1, 0.15) is 5.69 Å². The lowest BCUT2D eigenvalue weighted by Gasteiger charge is -2.15. The highest BCUT2D eigenvalue weighted by atomic mass is 35.5. The van der Waals surface area contributed by atoms with Crippen LogP contribution in [0, 0.1) is 6.92 Å². The van der Waals surface area contributed by atoms with E-state index in [0.29, 0.717) is 32.9 Å². The Balaban J connectivity index is 1.97. The SMILES string of the molecule is COc1cc(Nc2cc(C)n(-c3ccc(Cl)c(OC)c3)c(=O)c2)ccc1Cl. The molecular formula is C20H18Cl2N2O3. The molecule has 0 saturated carbocycles. The summed E-state index contributed by atoms with van der Waals surface area (Å²) in [5.74, 6) is 1.07. The molecule has 0 amide bonds. The lowest BCUT2D eigenvalue weighted by molar-refractivity contribution is 0.415. The Labute approximate surface area is 167 Å². The maximum absolute atomic E-state index is 12.7. The van der Waals surface area contributed by atoms with Gasteiger partial charge in [-0.2, -0.15) is 0 Å². The second-order valence-electron chi connectivity index (χ2n) is 5.85. The molecule has 7 heteroatoms. The molecule has 0 atom stereocenters. The Hall–Kier alpha value is -2.63. The minimum Gasteiger partial charge on any atom is -0.495 e. The Morgan fingerprint density at radius 1 is 0.852 bits per heavy atom. The van der Waals surface area contributed by atoms with Crippen LogP contribution in [-0.2, 0) is 0 Å². The third kappa shape index (κ3) is 4.04. The van der Waals surface area contributed by atoms with E-state index in [2.05, 4.69) is 5.32 Å². The maximum atomic E-state index is 12.7. The van der Waals surface area contributed by atoms with Crippen molar-refractivity contribution in [2.24, 2.45) is 0 Å². The Morgan fingerprint density at radius 3 is 2.11 bits per heavy atom. The molecule has 3 rings (SSSR count). The number of rotatable bonds is 5. The van der Waals surface area contributed by atoms with E-state index in [1.807, 2.05) is 19.1 Å². The number of nitrogens with zero attached hydrogens (tertiary/aromatic N) is 1. The predicted octanol–water partition coefficient (Wildman–Crippen LogP) is 5.21. The molecule has 1 aromatic heterocycles. The summed E-state index contributed by atoms with van der Waals surface area (Å²) in [5.41, 5.74) is 2.69. The summed E-state index contributed by atoms with van der Waals surface area (Å²) in [7, 11) is 3.09. The first-order chi connectivity index (χ1) is 12.9. The zero-order chi connectivity index (χ0) is 19.6. The van der Waals surface area contributed by atoms with Gasteiger partial charge in [0, 0.05) is 35.3 Å². The van der Waals surface area contributed by atoms with E-state index in [1.165, 1.54) is 13.2 Å². The zero-order valence-corrected chi connectivity index (χ0v) is 16.6. The number of hydrogen-bond acceptors (Lipinski definition) is 4. The molecule has 0 radical (unpaired) electrons. The van der Waals surface area contributed by atoms with Crippen molar-refractivity contribution in [3.05, 3.63) is 74.6 Å². The normalized spacial score (nSPS) is 10.6. The number of nitrogens with one attached hydrogen (secondary N) is 1. The Morgan fingerprint density at radius 2 is 1.48 bits per heavy atom. The highest BCUT2D eigenvalue weighted by molar-refractivity contribution is 6.32. The molecule has 0 saturated heterocycles. The van der Waals surface area contributed by atoms with Crippen LogP contribution in [0.15, 0.2) is 53.3 Å². The van der Waals surface area contributed by atoms with E-state index >= 15 is 0 Å². The maximum Gasteiger partial charge on any atom is 0.257 e. The van der Waals surface area contributed by atoms with Crippen molar-refractivity contribution in [1.29, 1.82) is 0 Å². The van der Waals surface area contributed by atoms with Crippen LogP contribution in [0.3, 0.4) is 0 Å². The van der Waals surface area contributed by atoms with Crippen LogP contribution in [0.2, 0.25) is 10.0 Å².